The molecule has 2 rings (SSSR count). The highest BCUT2D eigenvalue weighted by Gasteiger charge is 2.32. The number of hydrogen-bond donors (Lipinski definition) is 1. The molecular weight excluding hydrogens is 262 g/mol. The van der Waals surface area contributed by atoms with Crippen LogP contribution in [0.4, 0.5) is 8.78 Å². The van der Waals surface area contributed by atoms with Crippen molar-refractivity contribution in [3.05, 3.63) is 34.9 Å². The van der Waals surface area contributed by atoms with Crippen LogP contribution in [0, 0.1) is 18.6 Å². The third-order valence-electron chi connectivity index (χ3n) is 3.92. The molecule has 20 heavy (non-hydrogen) atoms. The van der Waals surface area contributed by atoms with Crippen LogP contribution in [0.1, 0.15) is 42.1 Å². The molecule has 110 valence electrons. The highest BCUT2D eigenvalue weighted by atomic mass is 19.1. The fourth-order valence-electron chi connectivity index (χ4n) is 2.75. The molecule has 2 N–H and O–H groups in total. The second-order valence-corrected chi connectivity index (χ2v) is 5.47. The van der Waals surface area contributed by atoms with Gasteiger partial charge in [0.25, 0.3) is 5.91 Å². The van der Waals surface area contributed by atoms with Crippen molar-refractivity contribution < 1.29 is 13.6 Å². The molecule has 0 bridgehead atoms. The van der Waals surface area contributed by atoms with Gasteiger partial charge in [-0.2, -0.15) is 0 Å². The third-order valence-corrected chi connectivity index (χ3v) is 3.92. The highest BCUT2D eigenvalue weighted by Crippen LogP contribution is 2.24. The fourth-order valence-corrected chi connectivity index (χ4v) is 2.75. The SMILES string of the molecule is Cc1ccc(F)c(C(=O)N2CCCCC2C(C)N)c1F. The largest absolute Gasteiger partial charge is 0.334 e. The smallest absolute Gasteiger partial charge is 0.260 e. The van der Waals surface area contributed by atoms with Crippen molar-refractivity contribution in [3.8, 4) is 0 Å². The second-order valence-electron chi connectivity index (χ2n) is 5.47. The van der Waals surface area contributed by atoms with E-state index in [4.69, 9.17) is 5.73 Å². The number of rotatable bonds is 2. The molecule has 1 aromatic carbocycles. The van der Waals surface area contributed by atoms with Gasteiger partial charge in [0.05, 0.1) is 0 Å². The molecule has 1 aromatic rings. The summed E-state index contributed by atoms with van der Waals surface area (Å²) in [5.74, 6) is -2.18. The van der Waals surface area contributed by atoms with E-state index in [1.807, 2.05) is 6.92 Å². The van der Waals surface area contributed by atoms with Gasteiger partial charge in [-0.25, -0.2) is 8.78 Å². The first kappa shape index (κ1) is 14.9. The van der Waals surface area contributed by atoms with Gasteiger partial charge >= 0.3 is 0 Å². The number of nitrogens with two attached hydrogens (primary N) is 1. The number of carbonyl (C=O) groups excluding carboxylic acids is 1. The first-order valence-corrected chi connectivity index (χ1v) is 6.94. The average Bonchev–Trinajstić information content (AvgIpc) is 2.43. The summed E-state index contributed by atoms with van der Waals surface area (Å²) in [5, 5.41) is 0. The van der Waals surface area contributed by atoms with E-state index in [1.165, 1.54) is 17.9 Å². The predicted octanol–water partition coefficient (Wildman–Crippen LogP) is 2.62. The number of benzene rings is 1. The third kappa shape index (κ3) is 2.68. The van der Waals surface area contributed by atoms with E-state index in [-0.39, 0.29) is 17.6 Å². The lowest BCUT2D eigenvalue weighted by atomic mass is 9.95. The van der Waals surface area contributed by atoms with Crippen LogP contribution in [0.25, 0.3) is 0 Å². The van der Waals surface area contributed by atoms with Crippen LogP contribution in [0.5, 0.6) is 0 Å². The van der Waals surface area contributed by atoms with Crippen molar-refractivity contribution in [2.75, 3.05) is 6.54 Å². The maximum absolute atomic E-state index is 14.1. The van der Waals surface area contributed by atoms with E-state index in [0.717, 1.165) is 25.3 Å². The zero-order valence-corrected chi connectivity index (χ0v) is 11.8. The Bertz CT molecular complexity index is 517. The van der Waals surface area contributed by atoms with Crippen molar-refractivity contribution in [3.63, 3.8) is 0 Å². The summed E-state index contributed by atoms with van der Waals surface area (Å²) in [6.07, 6.45) is 2.59. The number of amides is 1. The van der Waals surface area contributed by atoms with E-state index in [9.17, 15) is 13.6 Å². The number of hydrogen-bond acceptors (Lipinski definition) is 2. The number of carbonyl (C=O) groups is 1. The van der Waals surface area contributed by atoms with Gasteiger partial charge in [-0.3, -0.25) is 4.79 Å². The molecule has 1 fully saturated rings. The molecule has 2 atom stereocenters. The monoisotopic (exact) mass is 282 g/mol. The van der Waals surface area contributed by atoms with Crippen LogP contribution >= 0.6 is 0 Å². The van der Waals surface area contributed by atoms with Gasteiger partial charge in [0.2, 0.25) is 0 Å². The van der Waals surface area contributed by atoms with Crippen LogP contribution in [0.2, 0.25) is 0 Å². The van der Waals surface area contributed by atoms with Gasteiger partial charge in [0.15, 0.2) is 0 Å². The van der Waals surface area contributed by atoms with Gasteiger partial charge in [0, 0.05) is 18.6 Å². The molecule has 3 nitrogen and oxygen atoms in total. The van der Waals surface area contributed by atoms with Crippen molar-refractivity contribution in [1.82, 2.24) is 4.90 Å². The first-order valence-electron chi connectivity index (χ1n) is 6.94. The lowest BCUT2D eigenvalue weighted by Crippen LogP contribution is -2.52. The van der Waals surface area contributed by atoms with Gasteiger partial charge < -0.3 is 10.6 Å². The number of piperidine rings is 1. The van der Waals surface area contributed by atoms with Crippen LogP contribution in [0.3, 0.4) is 0 Å². The zero-order chi connectivity index (χ0) is 14.9. The topological polar surface area (TPSA) is 46.3 Å². The minimum Gasteiger partial charge on any atom is -0.334 e. The van der Waals surface area contributed by atoms with Gasteiger partial charge in [-0.1, -0.05) is 6.07 Å². The lowest BCUT2D eigenvalue weighted by Gasteiger charge is -2.38. The number of nitrogens with zero attached hydrogens (tertiary/aromatic N) is 1. The summed E-state index contributed by atoms with van der Waals surface area (Å²) in [6, 6.07) is 2.10. The molecule has 0 saturated carbocycles. The Kier molecular flexibility index (Phi) is 4.38. The molecule has 5 heteroatoms. The Morgan fingerprint density at radius 3 is 2.75 bits per heavy atom. The average molecular weight is 282 g/mol. The molecule has 0 aromatic heterocycles. The van der Waals surface area contributed by atoms with Crippen LogP contribution in [0.15, 0.2) is 12.1 Å². The molecule has 1 saturated heterocycles. The first-order chi connectivity index (χ1) is 9.43. The highest BCUT2D eigenvalue weighted by molar-refractivity contribution is 5.95. The standard InChI is InChI=1S/C15H20F2N2O/c1-9-6-7-11(16)13(14(9)17)15(20)19-8-4-3-5-12(19)10(2)18/h6-7,10,12H,3-5,8,18H2,1-2H3. The number of aryl methyl sites for hydroxylation is 1. The van der Waals surface area contributed by atoms with Crippen molar-refractivity contribution in [2.45, 2.75) is 45.2 Å². The molecule has 0 spiro atoms. The normalized spacial score (nSPS) is 20.9. The second kappa shape index (κ2) is 5.87. The van der Waals surface area contributed by atoms with Gasteiger partial charge in [-0.05, 0) is 44.7 Å². The Balaban J connectivity index is 2.37. The van der Waals surface area contributed by atoms with E-state index < -0.39 is 23.1 Å². The van der Waals surface area contributed by atoms with Gasteiger partial charge in [-0.15, -0.1) is 0 Å². The summed E-state index contributed by atoms with van der Waals surface area (Å²) in [7, 11) is 0. The van der Waals surface area contributed by atoms with E-state index in [1.54, 1.807) is 0 Å². The Morgan fingerprint density at radius 2 is 2.10 bits per heavy atom. The molecule has 1 amide bonds. The Morgan fingerprint density at radius 1 is 1.40 bits per heavy atom. The quantitative estimate of drug-likeness (QED) is 0.906. The minimum absolute atomic E-state index is 0.157. The molecular formula is C15H20F2N2O. The predicted molar refractivity (Wildman–Crippen MR) is 73.4 cm³/mol. The van der Waals surface area contributed by atoms with Crippen molar-refractivity contribution in [2.24, 2.45) is 5.73 Å². The van der Waals surface area contributed by atoms with Crippen molar-refractivity contribution >= 4 is 5.91 Å². The maximum Gasteiger partial charge on any atom is 0.260 e. The minimum atomic E-state index is -0.813. The summed E-state index contributed by atoms with van der Waals surface area (Å²) in [5.41, 5.74) is 5.71. The van der Waals surface area contributed by atoms with Crippen LogP contribution < -0.4 is 5.73 Å². The van der Waals surface area contributed by atoms with Crippen molar-refractivity contribution in [1.29, 1.82) is 0 Å². The number of halogens is 2. The Labute approximate surface area is 117 Å². The molecule has 2 unspecified atom stereocenters. The molecule has 0 aliphatic carbocycles. The molecule has 1 aliphatic rings. The molecule has 0 radical (unpaired) electrons. The lowest BCUT2D eigenvalue weighted by molar-refractivity contribution is 0.0573. The summed E-state index contributed by atoms with van der Waals surface area (Å²) >= 11 is 0. The van der Waals surface area contributed by atoms with Gasteiger partial charge in [0.1, 0.15) is 17.2 Å². The summed E-state index contributed by atoms with van der Waals surface area (Å²) in [4.78, 5) is 14.0. The van der Waals surface area contributed by atoms with Crippen LogP contribution in [-0.4, -0.2) is 29.4 Å². The van der Waals surface area contributed by atoms with E-state index in [2.05, 4.69) is 0 Å². The van der Waals surface area contributed by atoms with E-state index in [0.29, 0.717) is 6.54 Å². The van der Waals surface area contributed by atoms with E-state index >= 15 is 0 Å². The summed E-state index contributed by atoms with van der Waals surface area (Å²) in [6.45, 7) is 3.84. The fraction of sp³-hybridized carbons (Fsp3) is 0.533. The molecule has 1 aliphatic heterocycles. The Hall–Kier alpha value is -1.49. The summed E-state index contributed by atoms with van der Waals surface area (Å²) < 4.78 is 27.9. The molecule has 1 heterocycles. The zero-order valence-electron chi connectivity index (χ0n) is 11.8. The van der Waals surface area contributed by atoms with Crippen LogP contribution in [-0.2, 0) is 0 Å². The number of likely N-dealkylation sites (tertiary alicyclic amines) is 1. The maximum atomic E-state index is 14.1.